The minimum atomic E-state index is 1.22. The molecular weight excluding hydrogens is 216 g/mol. The van der Waals surface area contributed by atoms with Gasteiger partial charge in [0.05, 0.1) is 0 Å². The lowest BCUT2D eigenvalue weighted by Gasteiger charge is -2.05. The van der Waals surface area contributed by atoms with E-state index in [0.29, 0.717) is 0 Å². The van der Waals surface area contributed by atoms with Gasteiger partial charge >= 0.3 is 0 Å². The fourth-order valence-electron chi connectivity index (χ4n) is 2.04. The van der Waals surface area contributed by atoms with E-state index in [4.69, 9.17) is 0 Å². The Labute approximate surface area is 108 Å². The Morgan fingerprint density at radius 1 is 0.500 bits per heavy atom. The van der Waals surface area contributed by atoms with Crippen LogP contribution in [0.1, 0.15) is 0 Å². The molecule has 18 heavy (non-hydrogen) atoms. The fourth-order valence-corrected chi connectivity index (χ4v) is 2.04. The zero-order chi connectivity index (χ0) is 12.2. The van der Waals surface area contributed by atoms with Crippen LogP contribution in [0.5, 0.6) is 0 Å². The summed E-state index contributed by atoms with van der Waals surface area (Å²) < 4.78 is 0. The molecule has 0 atom stereocenters. The summed E-state index contributed by atoms with van der Waals surface area (Å²) in [5, 5.41) is 0. The minimum Gasteiger partial charge on any atom is -0.0610 e. The minimum absolute atomic E-state index is 1.22. The van der Waals surface area contributed by atoms with Crippen LogP contribution in [0.15, 0.2) is 72.8 Å². The van der Waals surface area contributed by atoms with Gasteiger partial charge in [0.25, 0.3) is 0 Å². The summed E-state index contributed by atoms with van der Waals surface area (Å²) in [6, 6.07) is 30.8. The van der Waals surface area contributed by atoms with Crippen LogP contribution in [0.25, 0.3) is 22.3 Å². The predicted molar refractivity (Wildman–Crippen MR) is 75.0 cm³/mol. The first-order valence-electron chi connectivity index (χ1n) is 5.96. The van der Waals surface area contributed by atoms with Crippen molar-refractivity contribution in [3.63, 3.8) is 0 Å². The lowest BCUT2D eigenvalue weighted by Crippen LogP contribution is -1.80. The third kappa shape index (κ3) is 2.18. The van der Waals surface area contributed by atoms with Crippen LogP contribution in [0, 0.1) is 12.1 Å². The molecule has 2 radical (unpaired) electrons. The molecule has 0 aliphatic heterocycles. The molecule has 0 bridgehead atoms. The zero-order valence-electron chi connectivity index (χ0n) is 9.93. The van der Waals surface area contributed by atoms with E-state index in [9.17, 15) is 0 Å². The van der Waals surface area contributed by atoms with Gasteiger partial charge in [0, 0.05) is 0 Å². The van der Waals surface area contributed by atoms with Crippen LogP contribution in [0.2, 0.25) is 0 Å². The largest absolute Gasteiger partial charge is 0.0610 e. The summed E-state index contributed by atoms with van der Waals surface area (Å²) in [4.78, 5) is 0. The van der Waals surface area contributed by atoms with Gasteiger partial charge in [-0.05, 0) is 40.5 Å². The van der Waals surface area contributed by atoms with E-state index in [1.54, 1.807) is 0 Å². The molecule has 3 aromatic rings. The molecular formula is C18H12. The van der Waals surface area contributed by atoms with Crippen LogP contribution >= 0.6 is 0 Å². The molecule has 0 N–H and O–H groups in total. The lowest BCUT2D eigenvalue weighted by molar-refractivity contribution is 1.58. The molecule has 0 amide bonds. The molecule has 0 heterocycles. The predicted octanol–water partition coefficient (Wildman–Crippen LogP) is 4.62. The number of benzene rings is 3. The van der Waals surface area contributed by atoms with E-state index in [1.807, 2.05) is 24.3 Å². The zero-order valence-corrected chi connectivity index (χ0v) is 9.93. The Balaban J connectivity index is 2.05. The first-order valence-corrected chi connectivity index (χ1v) is 5.96. The van der Waals surface area contributed by atoms with E-state index in [0.717, 1.165) is 0 Å². The highest BCUT2D eigenvalue weighted by atomic mass is 14.0. The van der Waals surface area contributed by atoms with Crippen molar-refractivity contribution in [1.82, 2.24) is 0 Å². The first kappa shape index (κ1) is 10.8. The smallest absolute Gasteiger partial charge is 0.0178 e. The number of hydrogen-bond donors (Lipinski definition) is 0. The Kier molecular flexibility index (Phi) is 2.93. The molecule has 0 fully saturated rings. The highest BCUT2D eigenvalue weighted by molar-refractivity contribution is 5.72. The molecule has 3 aromatic carbocycles. The topological polar surface area (TPSA) is 0 Å². The summed E-state index contributed by atoms with van der Waals surface area (Å²) in [6.45, 7) is 0. The fraction of sp³-hybridized carbons (Fsp3) is 0. The Bertz CT molecular complexity index is 570. The van der Waals surface area contributed by atoms with Crippen LogP contribution in [0.4, 0.5) is 0 Å². The maximum absolute atomic E-state index is 3.04. The van der Waals surface area contributed by atoms with Crippen molar-refractivity contribution < 1.29 is 0 Å². The van der Waals surface area contributed by atoms with Crippen LogP contribution in [-0.4, -0.2) is 0 Å². The van der Waals surface area contributed by atoms with E-state index in [2.05, 4.69) is 60.7 Å². The normalized spacial score (nSPS) is 10.2. The highest BCUT2D eigenvalue weighted by Crippen LogP contribution is 2.25. The van der Waals surface area contributed by atoms with E-state index in [1.165, 1.54) is 22.3 Å². The maximum atomic E-state index is 3.04. The Hall–Kier alpha value is -2.34. The van der Waals surface area contributed by atoms with E-state index >= 15 is 0 Å². The molecule has 0 unspecified atom stereocenters. The van der Waals surface area contributed by atoms with Crippen LogP contribution < -0.4 is 0 Å². The van der Waals surface area contributed by atoms with Gasteiger partial charge in [-0.15, -0.1) is 0 Å². The van der Waals surface area contributed by atoms with Gasteiger partial charge in [-0.1, -0.05) is 66.7 Å². The second kappa shape index (κ2) is 4.89. The van der Waals surface area contributed by atoms with Crippen molar-refractivity contribution in [3.05, 3.63) is 84.9 Å². The molecule has 0 saturated heterocycles. The van der Waals surface area contributed by atoms with Gasteiger partial charge in [0.1, 0.15) is 0 Å². The first-order chi connectivity index (χ1) is 8.93. The maximum Gasteiger partial charge on any atom is -0.0178 e. The van der Waals surface area contributed by atoms with Gasteiger partial charge in [-0.25, -0.2) is 0 Å². The van der Waals surface area contributed by atoms with Crippen LogP contribution in [0.3, 0.4) is 0 Å². The molecule has 0 aromatic heterocycles. The number of hydrogen-bond acceptors (Lipinski definition) is 0. The summed E-state index contributed by atoms with van der Waals surface area (Å²) in [7, 11) is 0. The van der Waals surface area contributed by atoms with E-state index in [-0.39, 0.29) is 0 Å². The van der Waals surface area contributed by atoms with Crippen molar-refractivity contribution in [2.45, 2.75) is 0 Å². The van der Waals surface area contributed by atoms with Gasteiger partial charge in [-0.3, -0.25) is 0 Å². The van der Waals surface area contributed by atoms with Crippen molar-refractivity contribution in [3.8, 4) is 22.3 Å². The molecule has 0 nitrogen and oxygen atoms in total. The average Bonchev–Trinajstić information content (AvgIpc) is 2.49. The summed E-state index contributed by atoms with van der Waals surface area (Å²) in [6.07, 6.45) is 0. The second-order valence-electron chi connectivity index (χ2n) is 4.16. The Morgan fingerprint density at radius 2 is 0.944 bits per heavy atom. The summed E-state index contributed by atoms with van der Waals surface area (Å²) in [5.41, 5.74) is 4.90. The highest BCUT2D eigenvalue weighted by Gasteiger charge is 2.00. The van der Waals surface area contributed by atoms with Crippen molar-refractivity contribution >= 4 is 0 Å². The average molecular weight is 228 g/mol. The van der Waals surface area contributed by atoms with E-state index < -0.39 is 0 Å². The molecule has 0 aliphatic rings. The standard InChI is InChI=1S/C18H12/c1-3-8-15(9-4-1)17-12-7-13-18(14-17)16-10-5-2-6-11-16/h3-14H. The molecule has 0 aliphatic carbocycles. The third-order valence-corrected chi connectivity index (χ3v) is 2.97. The molecule has 3 rings (SSSR count). The quantitative estimate of drug-likeness (QED) is 0.600. The monoisotopic (exact) mass is 228 g/mol. The van der Waals surface area contributed by atoms with Gasteiger partial charge < -0.3 is 0 Å². The summed E-state index contributed by atoms with van der Waals surface area (Å²) in [5.74, 6) is 0. The Morgan fingerprint density at radius 3 is 1.39 bits per heavy atom. The molecule has 0 heteroatoms. The molecule has 0 spiro atoms. The summed E-state index contributed by atoms with van der Waals surface area (Å²) >= 11 is 0. The van der Waals surface area contributed by atoms with Crippen molar-refractivity contribution in [2.24, 2.45) is 0 Å². The second-order valence-corrected chi connectivity index (χ2v) is 4.16. The van der Waals surface area contributed by atoms with Crippen molar-refractivity contribution in [2.75, 3.05) is 0 Å². The van der Waals surface area contributed by atoms with Crippen LogP contribution in [-0.2, 0) is 0 Å². The van der Waals surface area contributed by atoms with Gasteiger partial charge in [0.15, 0.2) is 0 Å². The van der Waals surface area contributed by atoms with Gasteiger partial charge in [0.2, 0.25) is 0 Å². The molecule has 0 saturated carbocycles. The molecule has 84 valence electrons. The SMILES string of the molecule is [c]1ccc(-c2cccc(-c3cc[c]cc3)c2)cc1. The number of rotatable bonds is 2. The van der Waals surface area contributed by atoms with Crippen molar-refractivity contribution in [1.29, 1.82) is 0 Å². The lowest BCUT2D eigenvalue weighted by atomic mass is 9.99. The van der Waals surface area contributed by atoms with Gasteiger partial charge in [-0.2, -0.15) is 0 Å². The third-order valence-electron chi connectivity index (χ3n) is 2.97.